The van der Waals surface area contributed by atoms with Crippen LogP contribution in [0.15, 0.2) is 24.3 Å². The van der Waals surface area contributed by atoms with E-state index in [0.29, 0.717) is 12.2 Å². The fourth-order valence-corrected chi connectivity index (χ4v) is 1.52. The number of nitrogens with one attached hydrogen (secondary N) is 2. The molecule has 2 amide bonds. The molecule has 0 aromatic heterocycles. The lowest BCUT2D eigenvalue weighted by Crippen LogP contribution is -2.43. The summed E-state index contributed by atoms with van der Waals surface area (Å²) in [5.74, 6) is -0.318. The van der Waals surface area contributed by atoms with E-state index in [2.05, 4.69) is 10.6 Å². The van der Waals surface area contributed by atoms with Crippen molar-refractivity contribution >= 4 is 17.7 Å². The Kier molecular flexibility index (Phi) is 5.72. The number of hydrogen-bond acceptors (Lipinski definition) is 4. The van der Waals surface area contributed by atoms with E-state index in [9.17, 15) is 9.59 Å². The normalized spacial score (nSPS) is 12.4. The Hall–Kier alpha value is -2.08. The van der Waals surface area contributed by atoms with Gasteiger partial charge in [-0.15, -0.1) is 0 Å². The van der Waals surface area contributed by atoms with Crippen LogP contribution in [0, 0.1) is 0 Å². The number of carbonyl (C=O) groups is 2. The molecule has 0 saturated heterocycles. The third kappa shape index (κ3) is 6.27. The number of carbonyl (C=O) groups excluding carboxylic acids is 2. The summed E-state index contributed by atoms with van der Waals surface area (Å²) in [7, 11) is 0. The molecule has 6 heteroatoms. The predicted molar refractivity (Wildman–Crippen MR) is 81.8 cm³/mol. The SMILES string of the molecule is C[C@H](NC(=O)OC(C)(C)C)C(=O)Nc1ccc(CN)cc1. The molecule has 21 heavy (non-hydrogen) atoms. The molecule has 1 aromatic carbocycles. The topological polar surface area (TPSA) is 93.4 Å². The lowest BCUT2D eigenvalue weighted by molar-refractivity contribution is -0.117. The van der Waals surface area contributed by atoms with Crippen molar-refractivity contribution < 1.29 is 14.3 Å². The van der Waals surface area contributed by atoms with Crippen LogP contribution in [-0.4, -0.2) is 23.6 Å². The van der Waals surface area contributed by atoms with Gasteiger partial charge in [0.15, 0.2) is 0 Å². The second kappa shape index (κ2) is 7.08. The third-order valence-electron chi connectivity index (χ3n) is 2.58. The molecule has 0 fully saturated rings. The molecule has 6 nitrogen and oxygen atoms in total. The van der Waals surface area contributed by atoms with Crippen LogP contribution in [0.1, 0.15) is 33.3 Å². The zero-order chi connectivity index (χ0) is 16.0. The third-order valence-corrected chi connectivity index (χ3v) is 2.58. The van der Waals surface area contributed by atoms with Gasteiger partial charge >= 0.3 is 6.09 Å². The minimum Gasteiger partial charge on any atom is -0.444 e. The average molecular weight is 293 g/mol. The summed E-state index contributed by atoms with van der Waals surface area (Å²) >= 11 is 0. The second-order valence-electron chi connectivity index (χ2n) is 5.76. The lowest BCUT2D eigenvalue weighted by atomic mass is 10.2. The molecule has 1 rings (SSSR count). The monoisotopic (exact) mass is 293 g/mol. The van der Waals surface area contributed by atoms with Gasteiger partial charge in [0.2, 0.25) is 5.91 Å². The van der Waals surface area contributed by atoms with Gasteiger partial charge in [-0.1, -0.05) is 12.1 Å². The highest BCUT2D eigenvalue weighted by atomic mass is 16.6. The fourth-order valence-electron chi connectivity index (χ4n) is 1.52. The van der Waals surface area contributed by atoms with Gasteiger partial charge in [-0.3, -0.25) is 4.79 Å². The van der Waals surface area contributed by atoms with Gasteiger partial charge in [-0.25, -0.2) is 4.79 Å². The van der Waals surface area contributed by atoms with E-state index in [1.807, 2.05) is 12.1 Å². The summed E-state index contributed by atoms with van der Waals surface area (Å²) in [4.78, 5) is 23.5. The molecule has 0 saturated carbocycles. The van der Waals surface area contributed by atoms with Crippen LogP contribution in [-0.2, 0) is 16.1 Å². The smallest absolute Gasteiger partial charge is 0.408 e. The molecule has 0 aliphatic heterocycles. The highest BCUT2D eigenvalue weighted by molar-refractivity contribution is 5.96. The van der Waals surface area contributed by atoms with E-state index in [1.165, 1.54) is 0 Å². The van der Waals surface area contributed by atoms with Gasteiger partial charge in [0.05, 0.1) is 0 Å². The fraction of sp³-hybridized carbons (Fsp3) is 0.467. The Morgan fingerprint density at radius 1 is 1.24 bits per heavy atom. The molecule has 0 bridgehead atoms. The minimum absolute atomic E-state index is 0.318. The largest absolute Gasteiger partial charge is 0.444 e. The maximum Gasteiger partial charge on any atom is 0.408 e. The van der Waals surface area contributed by atoms with Crippen LogP contribution in [0.4, 0.5) is 10.5 Å². The molecule has 0 aliphatic carbocycles. The first kappa shape index (κ1) is 17.0. The van der Waals surface area contributed by atoms with Crippen molar-refractivity contribution in [1.82, 2.24) is 5.32 Å². The summed E-state index contributed by atoms with van der Waals surface area (Å²) in [6, 6.07) is 6.50. The van der Waals surface area contributed by atoms with Gasteiger partial charge in [-0.05, 0) is 45.4 Å². The summed E-state index contributed by atoms with van der Waals surface area (Å²) < 4.78 is 5.10. The number of ether oxygens (including phenoxy) is 1. The number of hydrogen-bond donors (Lipinski definition) is 3. The summed E-state index contributed by atoms with van der Waals surface area (Å²) in [6.45, 7) is 7.32. The first-order valence-corrected chi connectivity index (χ1v) is 6.80. The van der Waals surface area contributed by atoms with Crippen LogP contribution in [0.3, 0.4) is 0 Å². The molecule has 0 spiro atoms. The zero-order valence-electron chi connectivity index (χ0n) is 12.9. The Morgan fingerprint density at radius 2 is 1.81 bits per heavy atom. The van der Waals surface area contributed by atoms with Crippen molar-refractivity contribution in [2.75, 3.05) is 5.32 Å². The Bertz CT molecular complexity index is 492. The number of amides is 2. The first-order valence-electron chi connectivity index (χ1n) is 6.80. The highest BCUT2D eigenvalue weighted by Gasteiger charge is 2.20. The molecule has 4 N–H and O–H groups in total. The predicted octanol–water partition coefficient (Wildman–Crippen LogP) is 2.00. The van der Waals surface area contributed by atoms with Crippen molar-refractivity contribution in [2.24, 2.45) is 5.73 Å². The molecule has 1 atom stereocenters. The number of nitrogens with two attached hydrogens (primary N) is 1. The minimum atomic E-state index is -0.700. The molecule has 0 unspecified atom stereocenters. The molecule has 116 valence electrons. The van der Waals surface area contributed by atoms with Crippen molar-refractivity contribution in [1.29, 1.82) is 0 Å². The summed E-state index contributed by atoms with van der Waals surface area (Å²) in [5.41, 5.74) is 6.53. The molecule has 0 radical (unpaired) electrons. The quantitative estimate of drug-likeness (QED) is 0.791. The van der Waals surface area contributed by atoms with E-state index >= 15 is 0 Å². The van der Waals surface area contributed by atoms with Gasteiger partial charge in [-0.2, -0.15) is 0 Å². The van der Waals surface area contributed by atoms with Gasteiger partial charge in [0.1, 0.15) is 11.6 Å². The first-order chi connectivity index (χ1) is 9.71. The molecular formula is C15H23N3O3. The van der Waals surface area contributed by atoms with E-state index in [0.717, 1.165) is 5.56 Å². The maximum atomic E-state index is 12.0. The highest BCUT2D eigenvalue weighted by Crippen LogP contribution is 2.10. The summed E-state index contributed by atoms with van der Waals surface area (Å²) in [6.07, 6.45) is -0.622. The molecular weight excluding hydrogens is 270 g/mol. The number of anilines is 1. The zero-order valence-corrected chi connectivity index (χ0v) is 12.9. The summed E-state index contributed by atoms with van der Waals surface area (Å²) in [5, 5.41) is 5.20. The maximum absolute atomic E-state index is 12.0. The van der Waals surface area contributed by atoms with Crippen molar-refractivity contribution in [3.05, 3.63) is 29.8 Å². The number of rotatable bonds is 4. The van der Waals surface area contributed by atoms with Gasteiger partial charge in [0.25, 0.3) is 0 Å². The van der Waals surface area contributed by atoms with E-state index in [1.54, 1.807) is 39.8 Å². The second-order valence-corrected chi connectivity index (χ2v) is 5.76. The van der Waals surface area contributed by atoms with E-state index in [4.69, 9.17) is 10.5 Å². The van der Waals surface area contributed by atoms with Gasteiger partial charge in [0, 0.05) is 12.2 Å². The van der Waals surface area contributed by atoms with E-state index in [-0.39, 0.29) is 5.91 Å². The Balaban J connectivity index is 2.52. The molecule has 0 heterocycles. The average Bonchev–Trinajstić information content (AvgIpc) is 2.37. The molecule has 1 aromatic rings. The Labute approximate surface area is 125 Å². The van der Waals surface area contributed by atoms with Crippen LogP contribution in [0.2, 0.25) is 0 Å². The van der Waals surface area contributed by atoms with Crippen LogP contribution < -0.4 is 16.4 Å². The number of benzene rings is 1. The van der Waals surface area contributed by atoms with E-state index < -0.39 is 17.7 Å². The Morgan fingerprint density at radius 3 is 2.29 bits per heavy atom. The van der Waals surface area contributed by atoms with Gasteiger partial charge < -0.3 is 21.1 Å². The van der Waals surface area contributed by atoms with Crippen molar-refractivity contribution in [3.63, 3.8) is 0 Å². The number of alkyl carbamates (subject to hydrolysis) is 1. The van der Waals surface area contributed by atoms with Crippen LogP contribution in [0.25, 0.3) is 0 Å². The standard InChI is InChI=1S/C15H23N3O3/c1-10(17-14(20)21-15(2,3)4)13(19)18-12-7-5-11(9-16)6-8-12/h5-8,10H,9,16H2,1-4H3,(H,17,20)(H,18,19)/t10-/m0/s1. The van der Waals surface area contributed by atoms with Crippen molar-refractivity contribution in [3.8, 4) is 0 Å². The lowest BCUT2D eigenvalue weighted by Gasteiger charge is -2.21. The molecule has 0 aliphatic rings. The van der Waals surface area contributed by atoms with Crippen LogP contribution in [0.5, 0.6) is 0 Å². The van der Waals surface area contributed by atoms with Crippen LogP contribution >= 0.6 is 0 Å². The van der Waals surface area contributed by atoms with Crippen molar-refractivity contribution in [2.45, 2.75) is 45.9 Å².